The molecule has 2 aromatic rings. The fourth-order valence-electron chi connectivity index (χ4n) is 3.33. The topological polar surface area (TPSA) is 77.2 Å². The molecular weight excluding hydrogens is 370 g/mol. The number of hydrogen-bond donors (Lipinski definition) is 2. The first-order valence-corrected chi connectivity index (χ1v) is 8.67. The van der Waals surface area contributed by atoms with Gasteiger partial charge < -0.3 is 4.74 Å². The van der Waals surface area contributed by atoms with E-state index >= 15 is 0 Å². The van der Waals surface area contributed by atoms with Gasteiger partial charge in [-0.2, -0.15) is 0 Å². The van der Waals surface area contributed by atoms with Crippen LogP contribution < -0.4 is 11.3 Å². The number of carbonyl (C=O) groups is 1. The first-order chi connectivity index (χ1) is 11.6. The van der Waals surface area contributed by atoms with Crippen molar-refractivity contribution in [2.75, 3.05) is 6.61 Å². The minimum Gasteiger partial charge on any atom is -0.376 e. The molecule has 1 saturated carbocycles. The molecule has 1 amide bonds. The molecule has 0 spiro atoms. The van der Waals surface area contributed by atoms with E-state index in [1.54, 1.807) is 12.4 Å². The first-order valence-electron chi connectivity index (χ1n) is 7.88. The normalized spacial score (nSPS) is 22.7. The molecule has 0 radical (unpaired) electrons. The van der Waals surface area contributed by atoms with Crippen LogP contribution in [0.25, 0.3) is 0 Å². The van der Waals surface area contributed by atoms with Crippen LogP contribution in [0.4, 0.5) is 0 Å². The first kappa shape index (κ1) is 17.1. The Balaban J connectivity index is 1.60. The Kier molecular flexibility index (Phi) is 5.28. The fraction of sp³-hybridized carbons (Fsp3) is 0.333. The van der Waals surface area contributed by atoms with Gasteiger partial charge in [0, 0.05) is 23.5 Å². The summed E-state index contributed by atoms with van der Waals surface area (Å²) in [7, 11) is 0. The molecule has 0 bridgehead atoms. The maximum absolute atomic E-state index is 12.3. The van der Waals surface area contributed by atoms with E-state index in [9.17, 15) is 4.79 Å². The number of amides is 1. The van der Waals surface area contributed by atoms with E-state index in [0.717, 1.165) is 15.6 Å². The van der Waals surface area contributed by atoms with Gasteiger partial charge in [-0.1, -0.05) is 30.3 Å². The van der Waals surface area contributed by atoms with Crippen molar-refractivity contribution in [3.05, 3.63) is 64.4 Å². The number of nitrogens with one attached hydrogen (secondary N) is 1. The van der Waals surface area contributed by atoms with Crippen LogP contribution in [0.1, 0.15) is 24.0 Å². The second kappa shape index (κ2) is 7.42. The standard InChI is InChI=1S/C18H20BrN3O2/c19-16-6-15(9-21-10-16)18(17(23)22-20)7-14(8-18)12-24-11-13-4-2-1-3-5-13/h1-6,9-10,14H,7-8,11-12,20H2,(H,22,23). The van der Waals surface area contributed by atoms with Gasteiger partial charge in [0.15, 0.2) is 0 Å². The number of benzene rings is 1. The number of nitrogens with zero attached hydrogens (tertiary/aromatic N) is 1. The van der Waals surface area contributed by atoms with Crippen LogP contribution >= 0.6 is 15.9 Å². The molecule has 0 atom stereocenters. The van der Waals surface area contributed by atoms with Crippen LogP contribution in [0.2, 0.25) is 0 Å². The Morgan fingerprint density at radius 3 is 2.75 bits per heavy atom. The summed E-state index contributed by atoms with van der Waals surface area (Å²) >= 11 is 3.41. The number of halogens is 1. The lowest BCUT2D eigenvalue weighted by Gasteiger charge is -2.46. The Morgan fingerprint density at radius 1 is 1.33 bits per heavy atom. The maximum Gasteiger partial charge on any atom is 0.244 e. The van der Waals surface area contributed by atoms with Gasteiger partial charge in [-0.3, -0.25) is 15.2 Å². The van der Waals surface area contributed by atoms with Gasteiger partial charge in [0.25, 0.3) is 0 Å². The fourth-order valence-corrected chi connectivity index (χ4v) is 3.69. The quantitative estimate of drug-likeness (QED) is 0.452. The second-order valence-electron chi connectivity index (χ2n) is 6.22. The largest absolute Gasteiger partial charge is 0.376 e. The van der Waals surface area contributed by atoms with E-state index in [1.807, 2.05) is 36.4 Å². The molecule has 5 nitrogen and oxygen atoms in total. The predicted octanol–water partition coefficient (Wildman–Crippen LogP) is 2.70. The highest BCUT2D eigenvalue weighted by Crippen LogP contribution is 2.48. The van der Waals surface area contributed by atoms with Crippen molar-refractivity contribution in [2.45, 2.75) is 24.9 Å². The number of rotatable bonds is 6. The number of aromatic nitrogens is 1. The second-order valence-corrected chi connectivity index (χ2v) is 7.14. The SMILES string of the molecule is NNC(=O)C1(c2cncc(Br)c2)CC(COCc2ccccc2)C1. The zero-order valence-corrected chi connectivity index (χ0v) is 14.8. The maximum atomic E-state index is 12.3. The highest BCUT2D eigenvalue weighted by molar-refractivity contribution is 9.10. The molecule has 0 aliphatic heterocycles. The number of hydrogen-bond acceptors (Lipinski definition) is 4. The van der Waals surface area contributed by atoms with Crippen molar-refractivity contribution < 1.29 is 9.53 Å². The minimum absolute atomic E-state index is 0.165. The van der Waals surface area contributed by atoms with E-state index in [1.165, 1.54) is 0 Å². The molecular formula is C18H20BrN3O2. The third-order valence-corrected chi connectivity index (χ3v) is 5.00. The van der Waals surface area contributed by atoms with Crippen molar-refractivity contribution in [3.63, 3.8) is 0 Å². The molecule has 3 rings (SSSR count). The lowest BCUT2D eigenvalue weighted by Crippen LogP contribution is -2.55. The Morgan fingerprint density at radius 2 is 2.08 bits per heavy atom. The molecule has 1 aromatic carbocycles. The number of nitrogens with two attached hydrogens (primary N) is 1. The number of pyridine rings is 1. The Labute approximate surface area is 149 Å². The zero-order valence-electron chi connectivity index (χ0n) is 13.2. The molecule has 126 valence electrons. The molecule has 1 aliphatic carbocycles. The summed E-state index contributed by atoms with van der Waals surface area (Å²) in [6, 6.07) is 12.0. The van der Waals surface area contributed by atoms with E-state index in [-0.39, 0.29) is 5.91 Å². The van der Waals surface area contributed by atoms with Gasteiger partial charge in [0.1, 0.15) is 0 Å². The van der Waals surface area contributed by atoms with Crippen molar-refractivity contribution in [3.8, 4) is 0 Å². The molecule has 3 N–H and O–H groups in total. The predicted molar refractivity (Wildman–Crippen MR) is 94.8 cm³/mol. The number of carbonyl (C=O) groups excluding carboxylic acids is 1. The van der Waals surface area contributed by atoms with Crippen LogP contribution in [0.15, 0.2) is 53.3 Å². The van der Waals surface area contributed by atoms with E-state index in [4.69, 9.17) is 10.6 Å². The average molecular weight is 390 g/mol. The highest BCUT2D eigenvalue weighted by Gasteiger charge is 2.51. The highest BCUT2D eigenvalue weighted by atomic mass is 79.9. The molecule has 1 aliphatic rings. The van der Waals surface area contributed by atoms with Crippen LogP contribution in [0.3, 0.4) is 0 Å². The monoisotopic (exact) mass is 389 g/mol. The summed E-state index contributed by atoms with van der Waals surface area (Å²) in [6.07, 6.45) is 4.86. The van der Waals surface area contributed by atoms with Crippen LogP contribution in [-0.2, 0) is 21.6 Å². The third-order valence-electron chi connectivity index (χ3n) is 4.56. The zero-order chi connectivity index (χ0) is 17.0. The van der Waals surface area contributed by atoms with Gasteiger partial charge in [0.05, 0.1) is 12.0 Å². The van der Waals surface area contributed by atoms with Gasteiger partial charge >= 0.3 is 0 Å². The average Bonchev–Trinajstić information content (AvgIpc) is 2.57. The molecule has 24 heavy (non-hydrogen) atoms. The van der Waals surface area contributed by atoms with Crippen molar-refractivity contribution in [1.82, 2.24) is 10.4 Å². The van der Waals surface area contributed by atoms with E-state index < -0.39 is 5.41 Å². The third kappa shape index (κ3) is 3.50. The molecule has 1 fully saturated rings. The summed E-state index contributed by atoms with van der Waals surface area (Å²) < 4.78 is 6.66. The smallest absolute Gasteiger partial charge is 0.244 e. The summed E-state index contributed by atoms with van der Waals surface area (Å²) in [5, 5.41) is 0. The summed E-state index contributed by atoms with van der Waals surface area (Å²) in [4.78, 5) is 16.5. The van der Waals surface area contributed by atoms with Crippen LogP contribution in [0.5, 0.6) is 0 Å². The van der Waals surface area contributed by atoms with Crippen molar-refractivity contribution >= 4 is 21.8 Å². The van der Waals surface area contributed by atoms with Crippen molar-refractivity contribution in [2.24, 2.45) is 11.8 Å². The number of hydrazine groups is 1. The van der Waals surface area contributed by atoms with Crippen LogP contribution in [0, 0.1) is 5.92 Å². The summed E-state index contributed by atoms with van der Waals surface area (Å²) in [5.74, 6) is 5.57. The van der Waals surface area contributed by atoms with E-state index in [2.05, 4.69) is 26.3 Å². The van der Waals surface area contributed by atoms with Crippen LogP contribution in [-0.4, -0.2) is 17.5 Å². The summed E-state index contributed by atoms with van der Waals surface area (Å²) in [6.45, 7) is 1.22. The summed E-state index contributed by atoms with van der Waals surface area (Å²) in [5.41, 5.74) is 3.74. The lowest BCUT2D eigenvalue weighted by molar-refractivity contribution is -0.133. The molecule has 0 unspecified atom stereocenters. The lowest BCUT2D eigenvalue weighted by atomic mass is 9.58. The van der Waals surface area contributed by atoms with Gasteiger partial charge in [-0.25, -0.2) is 5.84 Å². The molecule has 0 saturated heterocycles. The molecule has 1 heterocycles. The Hall–Kier alpha value is -1.76. The molecule has 6 heteroatoms. The van der Waals surface area contributed by atoms with Gasteiger partial charge in [0.2, 0.25) is 5.91 Å². The molecule has 1 aromatic heterocycles. The van der Waals surface area contributed by atoms with Gasteiger partial charge in [-0.15, -0.1) is 0 Å². The van der Waals surface area contributed by atoms with Gasteiger partial charge in [-0.05, 0) is 51.9 Å². The van der Waals surface area contributed by atoms with Crippen molar-refractivity contribution in [1.29, 1.82) is 0 Å². The van der Waals surface area contributed by atoms with E-state index in [0.29, 0.717) is 32.0 Å². The number of ether oxygens (including phenoxy) is 1. The minimum atomic E-state index is -0.605. The Bertz CT molecular complexity index is 702.